The topological polar surface area (TPSA) is 58.9 Å². The van der Waals surface area contributed by atoms with Crippen LogP contribution in [-0.4, -0.2) is 38.9 Å². The third kappa shape index (κ3) is 2.59. The SMILES string of the molecule is Cn1ncc2c(NC3CCN(c4ncccc4Cl)C3)ccnc21. The molecule has 0 saturated carbocycles. The van der Waals surface area contributed by atoms with E-state index in [1.165, 1.54) is 0 Å². The maximum Gasteiger partial charge on any atom is 0.159 e. The predicted molar refractivity (Wildman–Crippen MR) is 92.0 cm³/mol. The van der Waals surface area contributed by atoms with E-state index >= 15 is 0 Å². The van der Waals surface area contributed by atoms with E-state index in [1.807, 2.05) is 37.6 Å². The van der Waals surface area contributed by atoms with Crippen molar-refractivity contribution in [3.63, 3.8) is 0 Å². The van der Waals surface area contributed by atoms with E-state index in [4.69, 9.17) is 11.6 Å². The van der Waals surface area contributed by atoms with E-state index in [1.54, 1.807) is 10.9 Å². The van der Waals surface area contributed by atoms with E-state index in [0.29, 0.717) is 11.1 Å². The number of halogens is 1. The van der Waals surface area contributed by atoms with E-state index in [0.717, 1.165) is 42.0 Å². The van der Waals surface area contributed by atoms with E-state index in [-0.39, 0.29) is 0 Å². The van der Waals surface area contributed by atoms with Gasteiger partial charge >= 0.3 is 0 Å². The third-order valence-electron chi connectivity index (χ3n) is 4.22. The fourth-order valence-electron chi connectivity index (χ4n) is 3.07. The fourth-order valence-corrected chi connectivity index (χ4v) is 3.31. The van der Waals surface area contributed by atoms with Gasteiger partial charge in [-0.2, -0.15) is 5.10 Å². The summed E-state index contributed by atoms with van der Waals surface area (Å²) < 4.78 is 1.79. The number of aryl methyl sites for hydroxylation is 1. The van der Waals surface area contributed by atoms with Crippen molar-refractivity contribution in [3.05, 3.63) is 41.8 Å². The number of hydrogen-bond acceptors (Lipinski definition) is 5. The Kier molecular flexibility index (Phi) is 3.53. The van der Waals surface area contributed by atoms with Crippen molar-refractivity contribution in [2.45, 2.75) is 12.5 Å². The van der Waals surface area contributed by atoms with Crippen LogP contribution in [0.15, 0.2) is 36.8 Å². The van der Waals surface area contributed by atoms with Gasteiger partial charge in [-0.05, 0) is 24.6 Å². The maximum atomic E-state index is 6.25. The minimum absolute atomic E-state index is 0.346. The van der Waals surface area contributed by atoms with Gasteiger partial charge in [0.15, 0.2) is 5.65 Å². The van der Waals surface area contributed by atoms with Gasteiger partial charge in [0.05, 0.1) is 16.6 Å². The van der Waals surface area contributed by atoms with Crippen molar-refractivity contribution < 1.29 is 0 Å². The normalized spacial score (nSPS) is 17.8. The average Bonchev–Trinajstić information content (AvgIpc) is 3.16. The first-order chi connectivity index (χ1) is 11.2. The molecule has 0 radical (unpaired) electrons. The number of aromatic nitrogens is 4. The minimum Gasteiger partial charge on any atom is -0.380 e. The van der Waals surface area contributed by atoms with Crippen molar-refractivity contribution in [2.75, 3.05) is 23.3 Å². The number of fused-ring (bicyclic) bond motifs is 1. The molecule has 6 nitrogen and oxygen atoms in total. The van der Waals surface area contributed by atoms with Crippen molar-refractivity contribution in [3.8, 4) is 0 Å². The van der Waals surface area contributed by atoms with Crippen LogP contribution in [0.25, 0.3) is 11.0 Å². The quantitative estimate of drug-likeness (QED) is 0.801. The summed E-state index contributed by atoms with van der Waals surface area (Å²) in [6.45, 7) is 1.82. The first kappa shape index (κ1) is 14.3. The molecular formula is C16H17ClN6. The number of rotatable bonds is 3. The molecule has 3 aromatic rings. The Labute approximate surface area is 139 Å². The highest BCUT2D eigenvalue weighted by Gasteiger charge is 2.25. The van der Waals surface area contributed by atoms with Crippen LogP contribution in [-0.2, 0) is 7.05 Å². The van der Waals surface area contributed by atoms with Crippen LogP contribution in [0.3, 0.4) is 0 Å². The Hall–Kier alpha value is -2.34. The van der Waals surface area contributed by atoms with E-state index in [9.17, 15) is 0 Å². The summed E-state index contributed by atoms with van der Waals surface area (Å²) in [6.07, 6.45) is 6.49. The summed E-state index contributed by atoms with van der Waals surface area (Å²) in [6, 6.07) is 6.08. The van der Waals surface area contributed by atoms with Gasteiger partial charge in [0, 0.05) is 44.3 Å². The van der Waals surface area contributed by atoms with Crippen LogP contribution >= 0.6 is 11.6 Å². The molecule has 4 heterocycles. The summed E-state index contributed by atoms with van der Waals surface area (Å²) in [7, 11) is 1.90. The largest absolute Gasteiger partial charge is 0.380 e. The molecule has 1 aliphatic rings. The van der Waals surface area contributed by atoms with E-state index in [2.05, 4.69) is 25.3 Å². The molecule has 0 bridgehead atoms. The molecule has 7 heteroatoms. The molecule has 0 spiro atoms. The molecule has 1 unspecified atom stereocenters. The molecule has 1 saturated heterocycles. The van der Waals surface area contributed by atoms with E-state index < -0.39 is 0 Å². The molecule has 1 aliphatic heterocycles. The second-order valence-electron chi connectivity index (χ2n) is 5.75. The highest BCUT2D eigenvalue weighted by Crippen LogP contribution is 2.28. The van der Waals surface area contributed by atoms with Gasteiger partial charge in [0.2, 0.25) is 0 Å². The molecule has 1 fully saturated rings. The summed E-state index contributed by atoms with van der Waals surface area (Å²) in [4.78, 5) is 11.0. The molecule has 4 rings (SSSR count). The second kappa shape index (κ2) is 5.70. The molecule has 0 amide bonds. The molecule has 1 atom stereocenters. The zero-order chi connectivity index (χ0) is 15.8. The van der Waals surface area contributed by atoms with Crippen molar-refractivity contribution in [1.29, 1.82) is 0 Å². The highest BCUT2D eigenvalue weighted by molar-refractivity contribution is 6.32. The van der Waals surface area contributed by atoms with Gasteiger partial charge in [-0.15, -0.1) is 0 Å². The van der Waals surface area contributed by atoms with Crippen LogP contribution in [0.5, 0.6) is 0 Å². The van der Waals surface area contributed by atoms with Crippen LogP contribution < -0.4 is 10.2 Å². The summed E-state index contributed by atoms with van der Waals surface area (Å²) in [5, 5.41) is 9.64. The molecule has 0 aliphatic carbocycles. The zero-order valence-corrected chi connectivity index (χ0v) is 13.5. The number of nitrogens with zero attached hydrogens (tertiary/aromatic N) is 5. The minimum atomic E-state index is 0.346. The lowest BCUT2D eigenvalue weighted by Gasteiger charge is -2.19. The van der Waals surface area contributed by atoms with Crippen LogP contribution in [0, 0.1) is 0 Å². The van der Waals surface area contributed by atoms with Crippen molar-refractivity contribution in [1.82, 2.24) is 19.7 Å². The Morgan fingerprint density at radius 1 is 1.26 bits per heavy atom. The highest BCUT2D eigenvalue weighted by atomic mass is 35.5. The molecule has 0 aromatic carbocycles. The Morgan fingerprint density at radius 3 is 3.04 bits per heavy atom. The molecular weight excluding hydrogens is 312 g/mol. The number of nitrogens with one attached hydrogen (secondary N) is 1. The summed E-state index contributed by atoms with van der Waals surface area (Å²) >= 11 is 6.25. The molecule has 118 valence electrons. The second-order valence-corrected chi connectivity index (χ2v) is 6.16. The smallest absolute Gasteiger partial charge is 0.159 e. The predicted octanol–water partition coefficient (Wildman–Crippen LogP) is 2.71. The first-order valence-electron chi connectivity index (χ1n) is 7.61. The number of anilines is 2. The molecule has 23 heavy (non-hydrogen) atoms. The standard InChI is InChI=1S/C16H17ClN6/c1-22-15-12(9-20-22)14(4-7-19-15)21-11-5-8-23(10-11)16-13(17)3-2-6-18-16/h2-4,6-7,9,11H,5,8,10H2,1H3,(H,19,21). The van der Waals surface area contributed by atoms with Crippen molar-refractivity contribution >= 4 is 34.1 Å². The summed E-state index contributed by atoms with van der Waals surface area (Å²) in [5.74, 6) is 0.861. The van der Waals surface area contributed by atoms with Gasteiger partial charge in [-0.25, -0.2) is 9.97 Å². The Balaban J connectivity index is 1.53. The third-order valence-corrected chi connectivity index (χ3v) is 4.52. The van der Waals surface area contributed by atoms with Gasteiger partial charge in [-0.3, -0.25) is 4.68 Å². The van der Waals surface area contributed by atoms with Crippen LogP contribution in [0.1, 0.15) is 6.42 Å². The van der Waals surface area contributed by atoms with Crippen LogP contribution in [0.4, 0.5) is 11.5 Å². The first-order valence-corrected chi connectivity index (χ1v) is 7.99. The Morgan fingerprint density at radius 2 is 2.17 bits per heavy atom. The maximum absolute atomic E-state index is 6.25. The lowest BCUT2D eigenvalue weighted by molar-refractivity contribution is 0.786. The van der Waals surface area contributed by atoms with Gasteiger partial charge < -0.3 is 10.2 Å². The Bertz CT molecular complexity index is 845. The average molecular weight is 329 g/mol. The van der Waals surface area contributed by atoms with Crippen molar-refractivity contribution in [2.24, 2.45) is 7.05 Å². The van der Waals surface area contributed by atoms with Crippen LogP contribution in [0.2, 0.25) is 5.02 Å². The monoisotopic (exact) mass is 328 g/mol. The lowest BCUT2D eigenvalue weighted by atomic mass is 10.2. The van der Waals surface area contributed by atoms with Gasteiger partial charge in [-0.1, -0.05) is 11.6 Å². The molecule has 1 N–H and O–H groups in total. The van der Waals surface area contributed by atoms with Gasteiger partial charge in [0.1, 0.15) is 5.82 Å². The zero-order valence-electron chi connectivity index (χ0n) is 12.8. The molecule has 3 aromatic heterocycles. The lowest BCUT2D eigenvalue weighted by Crippen LogP contribution is -2.26. The summed E-state index contributed by atoms with van der Waals surface area (Å²) in [5.41, 5.74) is 1.96. The number of hydrogen-bond donors (Lipinski definition) is 1. The van der Waals surface area contributed by atoms with Gasteiger partial charge in [0.25, 0.3) is 0 Å². The fraction of sp³-hybridized carbons (Fsp3) is 0.312. The number of pyridine rings is 2.